The van der Waals surface area contributed by atoms with Crippen molar-refractivity contribution in [3.05, 3.63) is 29.3 Å². The third kappa shape index (κ3) is 4.95. The highest BCUT2D eigenvalue weighted by molar-refractivity contribution is 6.30. The largest absolute Gasteiger partial charge is 0.464 e. The van der Waals surface area contributed by atoms with Gasteiger partial charge in [-0.1, -0.05) is 30.9 Å². The van der Waals surface area contributed by atoms with E-state index in [0.29, 0.717) is 10.7 Å². The van der Waals surface area contributed by atoms with Gasteiger partial charge in [-0.25, -0.2) is 4.79 Å². The number of hydrogen-bond donors (Lipinski definition) is 2. The van der Waals surface area contributed by atoms with E-state index >= 15 is 0 Å². The van der Waals surface area contributed by atoms with Crippen molar-refractivity contribution < 1.29 is 19.4 Å². The van der Waals surface area contributed by atoms with Crippen molar-refractivity contribution in [3.8, 4) is 0 Å². The molecule has 132 valence electrons. The van der Waals surface area contributed by atoms with Crippen molar-refractivity contribution in [2.75, 3.05) is 11.9 Å². The minimum Gasteiger partial charge on any atom is -0.464 e. The molecule has 1 saturated carbocycles. The van der Waals surface area contributed by atoms with Crippen LogP contribution < -0.4 is 5.32 Å². The van der Waals surface area contributed by atoms with Gasteiger partial charge in [0.15, 0.2) is 11.8 Å². The van der Waals surface area contributed by atoms with Gasteiger partial charge < -0.3 is 15.2 Å². The molecule has 0 aromatic heterocycles. The van der Waals surface area contributed by atoms with E-state index in [9.17, 15) is 14.7 Å². The van der Waals surface area contributed by atoms with Crippen LogP contribution in [0.5, 0.6) is 0 Å². The fourth-order valence-corrected chi connectivity index (χ4v) is 3.14. The number of ketones is 1. The summed E-state index contributed by atoms with van der Waals surface area (Å²) in [5, 5.41) is 14.0. The number of rotatable bonds is 7. The maximum absolute atomic E-state index is 12.6. The first-order valence-corrected chi connectivity index (χ1v) is 8.81. The SMILES string of the molecule is CCOC(=O)[C@H](Nc1ccc(Cl)cc1)[C@H](O)C(=O)C1CCCCC1. The molecular weight excluding hydrogens is 330 g/mol. The molecule has 1 aliphatic carbocycles. The second-order valence-electron chi connectivity index (χ2n) is 6.06. The lowest BCUT2D eigenvalue weighted by Gasteiger charge is -2.27. The highest BCUT2D eigenvalue weighted by atomic mass is 35.5. The van der Waals surface area contributed by atoms with E-state index in [4.69, 9.17) is 16.3 Å². The summed E-state index contributed by atoms with van der Waals surface area (Å²) in [6.45, 7) is 1.87. The second kappa shape index (κ2) is 9.04. The fourth-order valence-electron chi connectivity index (χ4n) is 3.02. The van der Waals surface area contributed by atoms with E-state index in [2.05, 4.69) is 5.32 Å². The molecule has 1 aromatic carbocycles. The number of Topliss-reactive ketones (excluding diaryl/α,β-unsaturated/α-hetero) is 1. The zero-order chi connectivity index (χ0) is 17.5. The Labute approximate surface area is 147 Å². The summed E-state index contributed by atoms with van der Waals surface area (Å²) in [5.41, 5.74) is 0.591. The monoisotopic (exact) mass is 353 g/mol. The van der Waals surface area contributed by atoms with E-state index in [1.54, 1.807) is 31.2 Å². The van der Waals surface area contributed by atoms with Crippen molar-refractivity contribution in [1.29, 1.82) is 0 Å². The predicted octanol–water partition coefficient (Wildman–Crippen LogP) is 3.19. The van der Waals surface area contributed by atoms with E-state index in [0.717, 1.165) is 32.1 Å². The maximum Gasteiger partial charge on any atom is 0.331 e. The van der Waals surface area contributed by atoms with E-state index < -0.39 is 18.1 Å². The van der Waals surface area contributed by atoms with Gasteiger partial charge >= 0.3 is 5.97 Å². The van der Waals surface area contributed by atoms with Gasteiger partial charge in [-0.15, -0.1) is 0 Å². The van der Waals surface area contributed by atoms with Crippen molar-refractivity contribution >= 4 is 29.0 Å². The molecule has 0 heterocycles. The van der Waals surface area contributed by atoms with Crippen molar-refractivity contribution in [2.45, 2.75) is 51.2 Å². The molecule has 0 unspecified atom stereocenters. The highest BCUT2D eigenvalue weighted by Gasteiger charge is 2.37. The average Bonchev–Trinajstić information content (AvgIpc) is 2.61. The molecule has 0 amide bonds. The number of hydrogen-bond acceptors (Lipinski definition) is 5. The number of esters is 1. The molecule has 0 spiro atoms. The topological polar surface area (TPSA) is 75.6 Å². The van der Waals surface area contributed by atoms with Crippen LogP contribution in [0.25, 0.3) is 0 Å². The zero-order valence-electron chi connectivity index (χ0n) is 13.8. The van der Waals surface area contributed by atoms with Crippen LogP contribution >= 0.6 is 11.6 Å². The smallest absolute Gasteiger partial charge is 0.331 e. The van der Waals surface area contributed by atoms with E-state index in [-0.39, 0.29) is 18.3 Å². The Bertz CT molecular complexity index is 555. The quantitative estimate of drug-likeness (QED) is 0.736. The predicted molar refractivity (Wildman–Crippen MR) is 93.1 cm³/mol. The number of carbonyl (C=O) groups excluding carboxylic acids is 2. The standard InChI is InChI=1S/C18H24ClNO4/c1-2-24-18(23)15(20-14-10-8-13(19)9-11-14)17(22)16(21)12-6-4-3-5-7-12/h8-12,15,17,20,22H,2-7H2,1H3/t15-,17+/m1/s1. The molecule has 2 rings (SSSR count). The van der Waals surface area contributed by atoms with Gasteiger partial charge in [-0.3, -0.25) is 4.79 Å². The van der Waals surface area contributed by atoms with Gasteiger partial charge in [-0.2, -0.15) is 0 Å². The van der Waals surface area contributed by atoms with Crippen LogP contribution in [-0.2, 0) is 14.3 Å². The summed E-state index contributed by atoms with van der Waals surface area (Å²) in [6, 6.07) is 5.59. The van der Waals surface area contributed by atoms with Crippen LogP contribution in [-0.4, -0.2) is 35.6 Å². The van der Waals surface area contributed by atoms with Gasteiger partial charge in [0.05, 0.1) is 6.61 Å². The number of carbonyl (C=O) groups is 2. The minimum atomic E-state index is -1.43. The molecule has 0 bridgehead atoms. The molecule has 0 saturated heterocycles. The fraction of sp³-hybridized carbons (Fsp3) is 0.556. The third-order valence-corrected chi connectivity index (χ3v) is 4.57. The molecule has 0 radical (unpaired) electrons. The number of anilines is 1. The lowest BCUT2D eigenvalue weighted by atomic mass is 9.83. The molecule has 24 heavy (non-hydrogen) atoms. The highest BCUT2D eigenvalue weighted by Crippen LogP contribution is 2.26. The first kappa shape index (κ1) is 18.7. The molecule has 2 atom stereocenters. The number of ether oxygens (including phenoxy) is 1. The van der Waals surface area contributed by atoms with Crippen molar-refractivity contribution in [2.24, 2.45) is 5.92 Å². The van der Waals surface area contributed by atoms with Gasteiger partial charge in [0.2, 0.25) is 0 Å². The zero-order valence-corrected chi connectivity index (χ0v) is 14.6. The van der Waals surface area contributed by atoms with Crippen LogP contribution in [0.4, 0.5) is 5.69 Å². The van der Waals surface area contributed by atoms with Crippen LogP contribution in [0.3, 0.4) is 0 Å². The van der Waals surface area contributed by atoms with Gasteiger partial charge in [0.1, 0.15) is 6.10 Å². The Morgan fingerprint density at radius 2 is 1.88 bits per heavy atom. The lowest BCUT2D eigenvalue weighted by molar-refractivity contribution is -0.150. The molecular formula is C18H24ClNO4. The molecule has 5 nitrogen and oxygen atoms in total. The first-order chi connectivity index (χ1) is 11.5. The minimum absolute atomic E-state index is 0.183. The Balaban J connectivity index is 2.12. The van der Waals surface area contributed by atoms with E-state index in [1.165, 1.54) is 0 Å². The molecule has 1 aromatic rings. The Hall–Kier alpha value is -1.59. The first-order valence-electron chi connectivity index (χ1n) is 8.43. The molecule has 2 N–H and O–H groups in total. The van der Waals surface area contributed by atoms with Crippen molar-refractivity contribution in [3.63, 3.8) is 0 Å². The molecule has 1 fully saturated rings. The lowest BCUT2D eigenvalue weighted by Crippen LogP contribution is -2.48. The summed E-state index contributed by atoms with van der Waals surface area (Å²) in [5.74, 6) is -1.10. The van der Waals surface area contributed by atoms with E-state index in [1.807, 2.05) is 0 Å². The number of aliphatic hydroxyl groups excluding tert-OH is 1. The molecule has 6 heteroatoms. The van der Waals surface area contributed by atoms with Gasteiger partial charge in [0.25, 0.3) is 0 Å². The van der Waals surface area contributed by atoms with Crippen molar-refractivity contribution in [1.82, 2.24) is 0 Å². The summed E-state index contributed by atoms with van der Waals surface area (Å²) in [7, 11) is 0. The average molecular weight is 354 g/mol. The normalized spacial score (nSPS) is 17.8. The number of nitrogens with one attached hydrogen (secondary N) is 1. The van der Waals surface area contributed by atoms with Crippen LogP contribution in [0.2, 0.25) is 5.02 Å². The Morgan fingerprint density at radius 3 is 2.46 bits per heavy atom. The maximum atomic E-state index is 12.6. The number of halogens is 1. The van der Waals surface area contributed by atoms with Crippen LogP contribution in [0, 0.1) is 5.92 Å². The summed E-state index contributed by atoms with van der Waals surface area (Å²) in [4.78, 5) is 24.8. The Kier molecular flexibility index (Phi) is 7.06. The number of benzene rings is 1. The molecule has 1 aliphatic rings. The number of aliphatic hydroxyl groups is 1. The summed E-state index contributed by atoms with van der Waals surface area (Å²) < 4.78 is 5.02. The second-order valence-corrected chi connectivity index (χ2v) is 6.50. The third-order valence-electron chi connectivity index (χ3n) is 4.32. The van der Waals surface area contributed by atoms with Crippen LogP contribution in [0.1, 0.15) is 39.0 Å². The Morgan fingerprint density at radius 1 is 1.25 bits per heavy atom. The van der Waals surface area contributed by atoms with Crippen LogP contribution in [0.15, 0.2) is 24.3 Å². The van der Waals surface area contributed by atoms with Gasteiger partial charge in [0, 0.05) is 16.6 Å². The summed E-state index contributed by atoms with van der Waals surface area (Å²) in [6.07, 6.45) is 3.20. The van der Waals surface area contributed by atoms with Gasteiger partial charge in [-0.05, 0) is 44.0 Å². The molecule has 0 aliphatic heterocycles. The summed E-state index contributed by atoms with van der Waals surface area (Å²) >= 11 is 5.85.